The van der Waals surface area contributed by atoms with Gasteiger partial charge in [0.05, 0.1) is 19.7 Å². The lowest BCUT2D eigenvalue weighted by molar-refractivity contribution is -0.896. The van der Waals surface area contributed by atoms with Gasteiger partial charge in [-0.3, -0.25) is 0 Å². The molecule has 25 heavy (non-hydrogen) atoms. The molecule has 6 heteroatoms. The lowest BCUT2D eigenvalue weighted by Gasteiger charge is -2.16. The van der Waals surface area contributed by atoms with Gasteiger partial charge in [-0.1, -0.05) is 26.2 Å². The lowest BCUT2D eigenvalue weighted by atomic mass is 10.2. The average molecular weight is 373 g/mol. The number of esters is 1. The summed E-state index contributed by atoms with van der Waals surface area (Å²) in [5.41, 5.74) is 6.86. The fourth-order valence-electron chi connectivity index (χ4n) is 2.51. The zero-order valence-corrected chi connectivity index (χ0v) is 16.5. The second-order valence-corrected chi connectivity index (χ2v) is 6.01. The molecule has 0 fully saturated rings. The molecular weight excluding hydrogens is 340 g/mol. The molecule has 1 aromatic rings. The highest BCUT2D eigenvalue weighted by molar-refractivity contribution is 5.93. The van der Waals surface area contributed by atoms with Gasteiger partial charge in [-0.2, -0.15) is 0 Å². The van der Waals surface area contributed by atoms with Gasteiger partial charge in [-0.25, -0.2) is 4.79 Å². The van der Waals surface area contributed by atoms with E-state index < -0.39 is 0 Å². The van der Waals surface area contributed by atoms with Gasteiger partial charge in [0.15, 0.2) is 0 Å². The molecule has 0 amide bonds. The number of nitrogens with one attached hydrogen (secondary N) is 1. The maximum Gasteiger partial charge on any atom is 0.342 e. The summed E-state index contributed by atoms with van der Waals surface area (Å²) in [5, 5.41) is 0. The normalized spacial score (nSPS) is 10.4. The Morgan fingerprint density at radius 2 is 1.80 bits per heavy atom. The van der Waals surface area contributed by atoms with Gasteiger partial charge >= 0.3 is 5.97 Å². The first-order valence-electron chi connectivity index (χ1n) is 9.15. The van der Waals surface area contributed by atoms with Crippen LogP contribution in [0.3, 0.4) is 0 Å². The van der Waals surface area contributed by atoms with Crippen LogP contribution < -0.4 is 27.8 Å². The van der Waals surface area contributed by atoms with Crippen LogP contribution in [-0.2, 0) is 4.74 Å². The van der Waals surface area contributed by atoms with Crippen LogP contribution in [0.2, 0.25) is 0 Å². The largest absolute Gasteiger partial charge is 1.00 e. The molecular formula is C19H33ClN2O3. The van der Waals surface area contributed by atoms with E-state index >= 15 is 0 Å². The van der Waals surface area contributed by atoms with Crippen LogP contribution in [0, 0.1) is 0 Å². The van der Waals surface area contributed by atoms with Crippen LogP contribution in [0.5, 0.6) is 5.75 Å². The van der Waals surface area contributed by atoms with E-state index in [4.69, 9.17) is 15.2 Å². The second-order valence-electron chi connectivity index (χ2n) is 6.01. The smallest absolute Gasteiger partial charge is 0.342 e. The Hall–Kier alpha value is -1.46. The van der Waals surface area contributed by atoms with Gasteiger partial charge in [0.2, 0.25) is 0 Å². The van der Waals surface area contributed by atoms with Crippen LogP contribution in [0.15, 0.2) is 18.2 Å². The van der Waals surface area contributed by atoms with Crippen LogP contribution in [-0.4, -0.2) is 38.8 Å². The molecule has 0 aliphatic carbocycles. The molecule has 1 aromatic carbocycles. The number of benzene rings is 1. The Kier molecular flexibility index (Phi) is 13.0. The summed E-state index contributed by atoms with van der Waals surface area (Å²) < 4.78 is 11.2. The van der Waals surface area contributed by atoms with E-state index in [0.29, 0.717) is 30.2 Å². The highest BCUT2D eigenvalue weighted by atomic mass is 35.5. The third kappa shape index (κ3) is 8.98. The van der Waals surface area contributed by atoms with Gasteiger partial charge in [0, 0.05) is 11.8 Å². The van der Waals surface area contributed by atoms with E-state index in [2.05, 4.69) is 20.8 Å². The predicted octanol–water partition coefficient (Wildman–Crippen LogP) is -0.687. The Morgan fingerprint density at radius 3 is 2.44 bits per heavy atom. The molecule has 0 aliphatic rings. The first kappa shape index (κ1) is 23.5. The van der Waals surface area contributed by atoms with Crippen molar-refractivity contribution in [2.24, 2.45) is 0 Å². The Bertz CT molecular complexity index is 494. The number of ether oxygens (including phenoxy) is 2. The highest BCUT2D eigenvalue weighted by Gasteiger charge is 2.15. The van der Waals surface area contributed by atoms with Gasteiger partial charge in [-0.15, -0.1) is 0 Å². The molecule has 0 spiro atoms. The first-order chi connectivity index (χ1) is 11.6. The van der Waals surface area contributed by atoms with Crippen molar-refractivity contribution in [3.63, 3.8) is 0 Å². The molecule has 0 aliphatic heterocycles. The molecule has 0 radical (unpaired) electrons. The molecule has 0 saturated heterocycles. The summed E-state index contributed by atoms with van der Waals surface area (Å²) in [6.45, 7) is 10.3. The molecule has 3 N–H and O–H groups in total. The second kappa shape index (κ2) is 13.8. The molecule has 144 valence electrons. The van der Waals surface area contributed by atoms with Gasteiger partial charge in [-0.05, 0) is 32.4 Å². The maximum atomic E-state index is 12.3. The van der Waals surface area contributed by atoms with Crippen molar-refractivity contribution < 1.29 is 31.6 Å². The average Bonchev–Trinajstić information content (AvgIpc) is 2.58. The fraction of sp³-hybridized carbons (Fsp3) is 0.632. The molecule has 0 aromatic heterocycles. The van der Waals surface area contributed by atoms with Crippen LogP contribution in [0.1, 0.15) is 56.8 Å². The number of unbranched alkanes of at least 4 members (excludes halogenated alkanes) is 3. The molecule has 1 rings (SSSR count). The number of hydrogen-bond donors (Lipinski definition) is 2. The number of carbonyl (C=O) groups excluding carboxylic acids is 1. The summed E-state index contributed by atoms with van der Waals surface area (Å²) in [7, 11) is 0. The van der Waals surface area contributed by atoms with Crippen LogP contribution >= 0.6 is 0 Å². The van der Waals surface area contributed by atoms with Gasteiger partial charge in [0.1, 0.15) is 24.5 Å². The number of halogens is 1. The fourth-order valence-corrected chi connectivity index (χ4v) is 2.51. The monoisotopic (exact) mass is 372 g/mol. The number of nitrogens with two attached hydrogens (primary N) is 1. The van der Waals surface area contributed by atoms with Crippen molar-refractivity contribution in [2.75, 3.05) is 38.6 Å². The predicted molar refractivity (Wildman–Crippen MR) is 97.7 cm³/mol. The molecule has 0 atom stereocenters. The SMILES string of the molecule is CCCCCCOc1cc(N)ccc1C(=O)OCC[NH+](CC)CC.[Cl-]. The van der Waals surface area contributed by atoms with Crippen molar-refractivity contribution in [1.29, 1.82) is 0 Å². The van der Waals surface area contributed by atoms with Crippen LogP contribution in [0.4, 0.5) is 5.69 Å². The zero-order valence-electron chi connectivity index (χ0n) is 15.8. The summed E-state index contributed by atoms with van der Waals surface area (Å²) in [5.74, 6) is 0.178. The third-order valence-corrected chi connectivity index (χ3v) is 4.17. The maximum absolute atomic E-state index is 12.3. The Balaban J connectivity index is 0.00000576. The van der Waals surface area contributed by atoms with E-state index in [-0.39, 0.29) is 18.4 Å². The van der Waals surface area contributed by atoms with Crippen molar-refractivity contribution in [1.82, 2.24) is 0 Å². The minimum absolute atomic E-state index is 0. The molecule has 0 saturated carbocycles. The van der Waals surface area contributed by atoms with E-state index in [1.807, 2.05) is 0 Å². The van der Waals surface area contributed by atoms with Crippen molar-refractivity contribution in [3.05, 3.63) is 23.8 Å². The zero-order chi connectivity index (χ0) is 17.8. The van der Waals surface area contributed by atoms with E-state index in [9.17, 15) is 4.79 Å². The number of anilines is 1. The Labute approximate surface area is 158 Å². The van der Waals surface area contributed by atoms with E-state index in [1.165, 1.54) is 17.7 Å². The van der Waals surface area contributed by atoms with Gasteiger partial charge in [0.25, 0.3) is 0 Å². The Morgan fingerprint density at radius 1 is 1.08 bits per heavy atom. The highest BCUT2D eigenvalue weighted by Crippen LogP contribution is 2.23. The standard InChI is InChI=1S/C19H32N2O3.ClH/c1-4-7-8-9-13-23-18-15-16(20)10-11-17(18)19(22)24-14-12-21(5-2)6-3;/h10-11,15H,4-9,12-14,20H2,1-3H3;1H. The molecule has 0 heterocycles. The molecule has 0 unspecified atom stereocenters. The summed E-state index contributed by atoms with van der Waals surface area (Å²) in [4.78, 5) is 13.7. The molecule has 5 nitrogen and oxygen atoms in total. The lowest BCUT2D eigenvalue weighted by Crippen LogP contribution is -3.11. The van der Waals surface area contributed by atoms with Gasteiger partial charge < -0.3 is 32.5 Å². The number of hydrogen-bond acceptors (Lipinski definition) is 4. The summed E-state index contributed by atoms with van der Waals surface area (Å²) in [6, 6.07) is 5.09. The van der Waals surface area contributed by atoms with Crippen LogP contribution in [0.25, 0.3) is 0 Å². The molecule has 0 bridgehead atoms. The number of quaternary nitrogens is 1. The minimum Gasteiger partial charge on any atom is -1.00 e. The summed E-state index contributed by atoms with van der Waals surface area (Å²) >= 11 is 0. The van der Waals surface area contributed by atoms with E-state index in [1.54, 1.807) is 18.2 Å². The third-order valence-electron chi connectivity index (χ3n) is 4.17. The topological polar surface area (TPSA) is 66.0 Å². The van der Waals surface area contributed by atoms with E-state index in [0.717, 1.165) is 32.5 Å². The number of rotatable bonds is 12. The van der Waals surface area contributed by atoms with Crippen molar-refractivity contribution in [2.45, 2.75) is 46.5 Å². The number of nitrogen functional groups attached to an aromatic ring is 1. The van der Waals surface area contributed by atoms with Crippen molar-refractivity contribution >= 4 is 11.7 Å². The van der Waals surface area contributed by atoms with Crippen molar-refractivity contribution in [3.8, 4) is 5.75 Å². The minimum atomic E-state index is -0.342. The number of carbonyl (C=O) groups is 1. The first-order valence-corrected chi connectivity index (χ1v) is 9.15. The number of likely N-dealkylation sites (N-methyl/N-ethyl adjacent to an activating group) is 1. The summed E-state index contributed by atoms with van der Waals surface area (Å²) in [6.07, 6.45) is 4.49. The quantitative estimate of drug-likeness (QED) is 0.290.